The van der Waals surface area contributed by atoms with Gasteiger partial charge in [-0.2, -0.15) is 0 Å². The molecule has 0 atom stereocenters. The Morgan fingerprint density at radius 3 is 2.17 bits per heavy atom. The molecule has 1 aromatic rings. The zero-order valence-corrected chi connectivity index (χ0v) is 14.3. The van der Waals surface area contributed by atoms with Crippen molar-refractivity contribution in [3.8, 4) is 0 Å². The van der Waals surface area contributed by atoms with E-state index in [4.69, 9.17) is 0 Å². The average Bonchev–Trinajstić information content (AvgIpc) is 2.53. The first-order valence-corrected chi connectivity index (χ1v) is 8.26. The van der Waals surface area contributed by atoms with E-state index >= 15 is 0 Å². The van der Waals surface area contributed by atoms with Crippen LogP contribution in [-0.4, -0.2) is 59.0 Å². The van der Waals surface area contributed by atoms with E-state index < -0.39 is 4.92 Å². The monoisotopic (exact) mass is 339 g/mol. The molecule has 8 heteroatoms. The minimum absolute atomic E-state index is 0.0163. The van der Waals surface area contributed by atoms with Crippen molar-refractivity contribution >= 4 is 29.3 Å². The largest absolute Gasteiger partial charge is 0.342 e. The van der Waals surface area contributed by atoms with Crippen molar-refractivity contribution in [1.82, 2.24) is 9.80 Å². The predicted octanol–water partition coefficient (Wildman–Crippen LogP) is 2.01. The minimum Gasteiger partial charge on any atom is -0.342 e. The maximum atomic E-state index is 12.1. The van der Waals surface area contributed by atoms with Crippen molar-refractivity contribution < 1.29 is 14.5 Å². The molecule has 0 aliphatic carbocycles. The van der Waals surface area contributed by atoms with Crippen LogP contribution in [0.4, 0.5) is 5.69 Å². The number of carbonyl (C=O) groups excluding carboxylic acids is 2. The molecular weight excluding hydrogens is 318 g/mol. The Labute approximate surface area is 139 Å². The smallest absolute Gasteiger partial charge is 0.269 e. The number of rotatable bonds is 8. The first-order valence-electron chi connectivity index (χ1n) is 7.28. The third kappa shape index (κ3) is 5.90. The lowest BCUT2D eigenvalue weighted by atomic mass is 10.3. The third-order valence-corrected chi connectivity index (χ3v) is 4.32. The summed E-state index contributed by atoms with van der Waals surface area (Å²) in [5, 5.41) is 10.6. The number of amides is 2. The summed E-state index contributed by atoms with van der Waals surface area (Å²) in [6.07, 6.45) is 0. The number of likely N-dealkylation sites (N-methyl/N-ethyl adjacent to an activating group) is 2. The highest BCUT2D eigenvalue weighted by Crippen LogP contribution is 2.21. The lowest BCUT2D eigenvalue weighted by Gasteiger charge is -2.23. The quantitative estimate of drug-likeness (QED) is 0.411. The third-order valence-electron chi connectivity index (χ3n) is 3.32. The van der Waals surface area contributed by atoms with Gasteiger partial charge in [0.2, 0.25) is 11.8 Å². The predicted molar refractivity (Wildman–Crippen MR) is 89.4 cm³/mol. The van der Waals surface area contributed by atoms with Crippen molar-refractivity contribution in [2.45, 2.75) is 18.7 Å². The molecule has 126 valence electrons. The molecule has 0 saturated carbocycles. The Morgan fingerprint density at radius 2 is 1.70 bits per heavy atom. The standard InChI is InChI=1S/C15H21N3O4S/c1-4-17(5-2)14(19)10-16(3)15(20)11-23-13-8-6-12(7-9-13)18(21)22/h6-9H,4-5,10-11H2,1-3H3. The number of non-ortho nitro benzene ring substituents is 1. The first-order chi connectivity index (χ1) is 10.9. The van der Waals surface area contributed by atoms with E-state index in [0.717, 1.165) is 4.90 Å². The SMILES string of the molecule is CCN(CC)C(=O)CN(C)C(=O)CSc1ccc([N+](=O)[O-])cc1. The summed E-state index contributed by atoms with van der Waals surface area (Å²) in [6, 6.07) is 6.02. The highest BCUT2D eigenvalue weighted by Gasteiger charge is 2.16. The van der Waals surface area contributed by atoms with Gasteiger partial charge in [0.15, 0.2) is 0 Å². The number of nitro benzene ring substituents is 1. The van der Waals surface area contributed by atoms with Crippen LogP contribution in [0.15, 0.2) is 29.2 Å². The van der Waals surface area contributed by atoms with Gasteiger partial charge in [0.1, 0.15) is 0 Å². The van der Waals surface area contributed by atoms with E-state index in [1.807, 2.05) is 13.8 Å². The summed E-state index contributed by atoms with van der Waals surface area (Å²) < 4.78 is 0. The molecule has 23 heavy (non-hydrogen) atoms. The van der Waals surface area contributed by atoms with Crippen molar-refractivity contribution in [2.75, 3.05) is 32.4 Å². The Bertz CT molecular complexity index is 558. The fourth-order valence-corrected chi connectivity index (χ4v) is 2.73. The molecule has 1 aromatic carbocycles. The second kappa shape index (κ2) is 9.14. The maximum Gasteiger partial charge on any atom is 0.269 e. The van der Waals surface area contributed by atoms with Crippen LogP contribution in [0.25, 0.3) is 0 Å². The van der Waals surface area contributed by atoms with E-state index in [1.54, 1.807) is 24.1 Å². The van der Waals surface area contributed by atoms with Gasteiger partial charge in [-0.25, -0.2) is 0 Å². The van der Waals surface area contributed by atoms with Crippen LogP contribution in [0.5, 0.6) is 0 Å². The van der Waals surface area contributed by atoms with Crippen LogP contribution in [-0.2, 0) is 9.59 Å². The molecule has 0 spiro atoms. The van der Waals surface area contributed by atoms with Gasteiger partial charge in [0.05, 0.1) is 17.2 Å². The molecule has 0 heterocycles. The van der Waals surface area contributed by atoms with Gasteiger partial charge in [0.25, 0.3) is 5.69 Å². The van der Waals surface area contributed by atoms with Gasteiger partial charge < -0.3 is 9.80 Å². The molecule has 7 nitrogen and oxygen atoms in total. The number of benzene rings is 1. The van der Waals surface area contributed by atoms with Gasteiger partial charge in [-0.05, 0) is 26.0 Å². The number of nitro groups is 1. The highest BCUT2D eigenvalue weighted by atomic mass is 32.2. The summed E-state index contributed by atoms with van der Waals surface area (Å²) in [5.74, 6) is -0.0557. The number of carbonyl (C=O) groups is 2. The van der Waals surface area contributed by atoms with Crippen LogP contribution < -0.4 is 0 Å². The summed E-state index contributed by atoms with van der Waals surface area (Å²) in [4.78, 5) is 38.0. The van der Waals surface area contributed by atoms with E-state index in [0.29, 0.717) is 13.1 Å². The number of nitrogens with zero attached hydrogens (tertiary/aromatic N) is 3. The Morgan fingerprint density at radius 1 is 1.13 bits per heavy atom. The zero-order chi connectivity index (χ0) is 17.4. The van der Waals surface area contributed by atoms with Crippen molar-refractivity contribution in [2.24, 2.45) is 0 Å². The molecule has 0 aliphatic heterocycles. The van der Waals surface area contributed by atoms with Crippen LogP contribution in [0, 0.1) is 10.1 Å². The number of hydrogen-bond donors (Lipinski definition) is 0. The first kappa shape index (κ1) is 19.0. The molecule has 2 amide bonds. The van der Waals surface area contributed by atoms with Crippen LogP contribution in [0.1, 0.15) is 13.8 Å². The van der Waals surface area contributed by atoms with E-state index in [-0.39, 0.29) is 29.8 Å². The van der Waals surface area contributed by atoms with Gasteiger partial charge in [-0.1, -0.05) is 0 Å². The molecule has 0 aliphatic rings. The lowest BCUT2D eigenvalue weighted by molar-refractivity contribution is -0.384. The summed E-state index contributed by atoms with van der Waals surface area (Å²) in [7, 11) is 1.60. The Balaban J connectivity index is 2.49. The molecule has 0 fully saturated rings. The fraction of sp³-hybridized carbons (Fsp3) is 0.467. The normalized spacial score (nSPS) is 10.2. The zero-order valence-electron chi connectivity index (χ0n) is 13.5. The van der Waals surface area contributed by atoms with E-state index in [2.05, 4.69) is 0 Å². The van der Waals surface area contributed by atoms with Crippen molar-refractivity contribution in [1.29, 1.82) is 0 Å². The molecule has 0 bridgehead atoms. The summed E-state index contributed by atoms with van der Waals surface area (Å²) in [6.45, 7) is 5.09. The molecule has 0 saturated heterocycles. The molecule has 1 rings (SSSR count). The second-order valence-electron chi connectivity index (χ2n) is 4.86. The van der Waals surface area contributed by atoms with Gasteiger partial charge in [-0.15, -0.1) is 11.8 Å². The molecular formula is C15H21N3O4S. The van der Waals surface area contributed by atoms with Crippen molar-refractivity contribution in [3.05, 3.63) is 34.4 Å². The summed E-state index contributed by atoms with van der Waals surface area (Å²) in [5.41, 5.74) is 0.0163. The Hall–Kier alpha value is -2.09. The summed E-state index contributed by atoms with van der Waals surface area (Å²) >= 11 is 1.29. The van der Waals surface area contributed by atoms with Gasteiger partial charge >= 0.3 is 0 Å². The average molecular weight is 339 g/mol. The molecule has 0 radical (unpaired) electrons. The van der Waals surface area contributed by atoms with Crippen LogP contribution >= 0.6 is 11.8 Å². The van der Waals surface area contributed by atoms with E-state index in [9.17, 15) is 19.7 Å². The number of hydrogen-bond acceptors (Lipinski definition) is 5. The van der Waals surface area contributed by atoms with Crippen LogP contribution in [0.3, 0.4) is 0 Å². The minimum atomic E-state index is -0.466. The van der Waals surface area contributed by atoms with Crippen molar-refractivity contribution in [3.63, 3.8) is 0 Å². The van der Waals surface area contributed by atoms with Gasteiger partial charge in [-0.3, -0.25) is 19.7 Å². The fourth-order valence-electron chi connectivity index (χ4n) is 1.89. The topological polar surface area (TPSA) is 83.8 Å². The van der Waals surface area contributed by atoms with Gasteiger partial charge in [0, 0.05) is 37.2 Å². The number of thioether (sulfide) groups is 1. The lowest BCUT2D eigenvalue weighted by Crippen LogP contribution is -2.41. The molecule has 0 unspecified atom stereocenters. The maximum absolute atomic E-state index is 12.1. The molecule has 0 aromatic heterocycles. The molecule has 0 N–H and O–H groups in total. The second-order valence-corrected chi connectivity index (χ2v) is 5.90. The van der Waals surface area contributed by atoms with Crippen LogP contribution in [0.2, 0.25) is 0 Å². The Kier molecular flexibility index (Phi) is 7.53. The highest BCUT2D eigenvalue weighted by molar-refractivity contribution is 8.00. The van der Waals surface area contributed by atoms with E-state index in [1.165, 1.54) is 28.8 Å².